The van der Waals surface area contributed by atoms with Crippen molar-refractivity contribution < 1.29 is 14.6 Å². The largest absolute Gasteiger partial charge is 0.569 e. The lowest BCUT2D eigenvalue weighted by Crippen LogP contribution is -2.11. The topological polar surface area (TPSA) is 75.8 Å². The molecule has 23 heavy (non-hydrogen) atoms. The van der Waals surface area contributed by atoms with Gasteiger partial charge in [0.05, 0.1) is 15.9 Å². The number of hydrogen-bond donors (Lipinski definition) is 1. The average Bonchev–Trinajstić information content (AvgIpc) is 2.50. The Bertz CT molecular complexity index is 697. The minimum absolute atomic E-state index is 0.0611. The molecule has 0 fully saturated rings. The first kappa shape index (κ1) is 17.3. The molecule has 1 N–H and O–H groups in total. The molecule has 0 saturated carbocycles. The molecule has 0 bridgehead atoms. The molecule has 8 heteroatoms. The van der Waals surface area contributed by atoms with Gasteiger partial charge in [-0.15, -0.1) is 0 Å². The summed E-state index contributed by atoms with van der Waals surface area (Å²) in [5.41, 5.74) is 1.04. The van der Waals surface area contributed by atoms with Crippen molar-refractivity contribution in [1.82, 2.24) is 4.90 Å². The number of nitro benzene ring substituents is 1. The van der Waals surface area contributed by atoms with Crippen LogP contribution in [0.5, 0.6) is 5.75 Å². The molecule has 0 aliphatic carbocycles. The van der Waals surface area contributed by atoms with Gasteiger partial charge >= 0.3 is 7.69 Å². The molecule has 2 rings (SSSR count). The van der Waals surface area contributed by atoms with Crippen molar-refractivity contribution in [1.29, 1.82) is 0 Å². The molecule has 0 amide bonds. The van der Waals surface area contributed by atoms with Crippen LogP contribution in [-0.2, 0) is 6.54 Å². The highest BCUT2D eigenvalue weighted by Gasteiger charge is 2.17. The lowest BCUT2D eigenvalue weighted by molar-refractivity contribution is -0.387. The molecule has 0 unspecified atom stereocenters. The first-order valence-electron chi connectivity index (χ1n) is 6.82. The third kappa shape index (κ3) is 4.72. The average molecular weight is 331 g/mol. The Morgan fingerprint density at radius 2 is 2.00 bits per heavy atom. The second-order valence-electron chi connectivity index (χ2n) is 5.06. The monoisotopic (exact) mass is 331 g/mol. The Kier molecular flexibility index (Phi) is 6.03. The molecule has 0 heterocycles. The van der Waals surface area contributed by atoms with Gasteiger partial charge in [0.2, 0.25) is 0 Å². The Hall–Kier alpha value is -2.03. The van der Waals surface area contributed by atoms with Gasteiger partial charge in [-0.25, -0.2) is 0 Å². The van der Waals surface area contributed by atoms with Crippen LogP contribution in [0.25, 0.3) is 0 Å². The zero-order chi connectivity index (χ0) is 16.8. The van der Waals surface area contributed by atoms with E-state index in [1.807, 2.05) is 43.3 Å². The van der Waals surface area contributed by atoms with Crippen LogP contribution in [0, 0.1) is 10.1 Å². The standard InChI is InChI=1S/C15H16BN2O4S/c1-17(2)10-11-5-3-4-6-14(11)23-15-8-7-12(22-16-19)9-13(15)18(20)21/h3-9,19H,10H2,1-2H3. The van der Waals surface area contributed by atoms with E-state index in [-0.39, 0.29) is 11.4 Å². The van der Waals surface area contributed by atoms with E-state index >= 15 is 0 Å². The zero-order valence-electron chi connectivity index (χ0n) is 12.8. The van der Waals surface area contributed by atoms with Crippen molar-refractivity contribution in [2.45, 2.75) is 16.3 Å². The number of nitro groups is 1. The third-order valence-corrected chi connectivity index (χ3v) is 4.18. The summed E-state index contributed by atoms with van der Waals surface area (Å²) in [6, 6.07) is 12.3. The molecule has 6 nitrogen and oxygen atoms in total. The summed E-state index contributed by atoms with van der Waals surface area (Å²) in [6.45, 7) is 0.748. The van der Waals surface area contributed by atoms with E-state index in [4.69, 9.17) is 9.68 Å². The molecule has 0 aliphatic rings. The summed E-state index contributed by atoms with van der Waals surface area (Å²) >= 11 is 1.34. The zero-order valence-corrected chi connectivity index (χ0v) is 13.6. The first-order chi connectivity index (χ1) is 11.0. The van der Waals surface area contributed by atoms with Crippen molar-refractivity contribution in [2.24, 2.45) is 0 Å². The van der Waals surface area contributed by atoms with Crippen LogP contribution in [-0.4, -0.2) is 36.6 Å². The van der Waals surface area contributed by atoms with Gasteiger partial charge in [-0.1, -0.05) is 30.0 Å². The molecular weight excluding hydrogens is 315 g/mol. The molecule has 0 spiro atoms. The Labute approximate surface area is 139 Å². The molecule has 0 saturated heterocycles. The van der Waals surface area contributed by atoms with Crippen LogP contribution < -0.4 is 4.65 Å². The number of benzene rings is 2. The van der Waals surface area contributed by atoms with Crippen LogP contribution in [0.3, 0.4) is 0 Å². The molecule has 2 aromatic carbocycles. The van der Waals surface area contributed by atoms with Crippen molar-refractivity contribution in [3.63, 3.8) is 0 Å². The van der Waals surface area contributed by atoms with Crippen LogP contribution in [0.4, 0.5) is 5.69 Å². The van der Waals surface area contributed by atoms with E-state index in [0.717, 1.165) is 17.0 Å². The second kappa shape index (κ2) is 8.00. The normalized spacial score (nSPS) is 10.6. The third-order valence-electron chi connectivity index (χ3n) is 2.99. The Morgan fingerprint density at radius 1 is 1.26 bits per heavy atom. The first-order valence-corrected chi connectivity index (χ1v) is 7.64. The Morgan fingerprint density at radius 3 is 2.65 bits per heavy atom. The van der Waals surface area contributed by atoms with Crippen LogP contribution in [0.15, 0.2) is 52.3 Å². The van der Waals surface area contributed by atoms with Crippen LogP contribution in [0.2, 0.25) is 0 Å². The van der Waals surface area contributed by atoms with Crippen molar-refractivity contribution in [3.8, 4) is 5.75 Å². The quantitative estimate of drug-likeness (QED) is 0.478. The van der Waals surface area contributed by atoms with E-state index in [2.05, 4.69) is 0 Å². The lowest BCUT2D eigenvalue weighted by Gasteiger charge is -2.14. The predicted octanol–water partition coefficient (Wildman–Crippen LogP) is 2.71. The fourth-order valence-electron chi connectivity index (χ4n) is 2.05. The smallest absolute Gasteiger partial charge is 0.537 e. The molecule has 1 radical (unpaired) electrons. The highest BCUT2D eigenvalue weighted by molar-refractivity contribution is 7.99. The number of rotatable bonds is 7. The summed E-state index contributed by atoms with van der Waals surface area (Å²) in [5, 5.41) is 19.9. The number of nitrogens with zero attached hydrogens (tertiary/aromatic N) is 2. The minimum atomic E-state index is -0.457. The maximum absolute atomic E-state index is 11.3. The van der Waals surface area contributed by atoms with Gasteiger partial charge in [-0.05, 0) is 37.9 Å². The van der Waals surface area contributed by atoms with Gasteiger partial charge in [-0.3, -0.25) is 10.1 Å². The van der Waals surface area contributed by atoms with Gasteiger partial charge in [0.15, 0.2) is 0 Å². The van der Waals surface area contributed by atoms with Gasteiger partial charge in [0.1, 0.15) is 5.75 Å². The maximum atomic E-state index is 11.3. The molecule has 2 aromatic rings. The molecule has 0 atom stereocenters. The molecule has 0 aliphatic heterocycles. The SMILES string of the molecule is CN(C)Cc1ccccc1Sc1ccc(O[B]O)cc1[N+](=O)[O-]. The number of hydrogen-bond acceptors (Lipinski definition) is 6. The van der Waals surface area contributed by atoms with Crippen LogP contribution in [0.1, 0.15) is 5.56 Å². The maximum Gasteiger partial charge on any atom is 0.569 e. The summed E-state index contributed by atoms with van der Waals surface area (Å²) in [6.07, 6.45) is 0. The van der Waals surface area contributed by atoms with E-state index in [1.165, 1.54) is 17.8 Å². The summed E-state index contributed by atoms with van der Waals surface area (Å²) < 4.78 is 4.79. The minimum Gasteiger partial charge on any atom is -0.537 e. The van der Waals surface area contributed by atoms with Gasteiger partial charge < -0.3 is 14.6 Å². The fraction of sp³-hybridized carbons (Fsp3) is 0.200. The van der Waals surface area contributed by atoms with E-state index in [9.17, 15) is 10.1 Å². The van der Waals surface area contributed by atoms with Gasteiger partial charge in [-0.2, -0.15) is 0 Å². The fourth-order valence-corrected chi connectivity index (χ4v) is 3.07. The lowest BCUT2D eigenvalue weighted by atomic mass is 10.2. The van der Waals surface area contributed by atoms with E-state index in [0.29, 0.717) is 12.6 Å². The highest BCUT2D eigenvalue weighted by atomic mass is 32.2. The van der Waals surface area contributed by atoms with Crippen molar-refractivity contribution >= 4 is 25.1 Å². The highest BCUT2D eigenvalue weighted by Crippen LogP contribution is 2.38. The van der Waals surface area contributed by atoms with Crippen molar-refractivity contribution in [3.05, 3.63) is 58.1 Å². The Balaban J connectivity index is 2.35. The predicted molar refractivity (Wildman–Crippen MR) is 89.7 cm³/mol. The molecular formula is C15H16BN2O4S. The van der Waals surface area contributed by atoms with Crippen LogP contribution >= 0.6 is 11.8 Å². The molecule has 0 aromatic heterocycles. The summed E-state index contributed by atoms with van der Waals surface area (Å²) in [4.78, 5) is 14.4. The summed E-state index contributed by atoms with van der Waals surface area (Å²) in [7, 11) is 4.45. The molecule has 119 valence electrons. The summed E-state index contributed by atoms with van der Waals surface area (Å²) in [5.74, 6) is 0.213. The van der Waals surface area contributed by atoms with E-state index < -0.39 is 4.92 Å². The van der Waals surface area contributed by atoms with Crippen molar-refractivity contribution in [2.75, 3.05) is 14.1 Å². The second-order valence-corrected chi connectivity index (χ2v) is 6.14. The van der Waals surface area contributed by atoms with Gasteiger partial charge in [0.25, 0.3) is 5.69 Å². The van der Waals surface area contributed by atoms with Gasteiger partial charge in [0, 0.05) is 11.4 Å². The van der Waals surface area contributed by atoms with E-state index in [1.54, 1.807) is 12.1 Å².